The van der Waals surface area contributed by atoms with E-state index in [2.05, 4.69) is 105 Å². The quantitative estimate of drug-likeness (QED) is 0.435. The molecule has 0 bridgehead atoms. The highest BCUT2D eigenvalue weighted by atomic mass is 127. The molecule has 134 valence electrons. The molecule has 0 saturated carbocycles. The number of hydrogen-bond donors (Lipinski definition) is 0. The molecule has 0 aliphatic carbocycles. The van der Waals surface area contributed by atoms with Crippen molar-refractivity contribution in [1.29, 1.82) is 0 Å². The molecular weight excluding hydrogens is 546 g/mol. The molecule has 0 saturated heterocycles. The van der Waals surface area contributed by atoms with Gasteiger partial charge in [0.25, 0.3) is 0 Å². The van der Waals surface area contributed by atoms with E-state index in [1.54, 1.807) is 0 Å². The number of rotatable bonds is 4. The molecule has 0 radical (unpaired) electrons. The minimum absolute atomic E-state index is 0.202. The molecule has 26 heavy (non-hydrogen) atoms. The summed E-state index contributed by atoms with van der Waals surface area (Å²) in [6.07, 6.45) is 0. The summed E-state index contributed by atoms with van der Waals surface area (Å²) in [6, 6.07) is 23.7. The topological polar surface area (TPSA) is 9.23 Å². The van der Waals surface area contributed by atoms with Crippen molar-refractivity contribution < 1.29 is 25.9 Å². The predicted octanol–water partition coefficient (Wildman–Crippen LogP) is 3.82. The van der Waals surface area contributed by atoms with E-state index in [0.717, 1.165) is 11.5 Å². The molecule has 0 aliphatic rings. The first-order valence-corrected chi connectivity index (χ1v) is 11.8. The van der Waals surface area contributed by atoms with Crippen LogP contribution in [0, 0.1) is 17.6 Å². The fourth-order valence-electron chi connectivity index (χ4n) is 2.51. The summed E-state index contributed by atoms with van der Waals surface area (Å²) in [5.74, 6) is 1.80. The van der Waals surface area contributed by atoms with Gasteiger partial charge in [-0.25, -0.2) is 0 Å². The van der Waals surface area contributed by atoms with Gasteiger partial charge in [-0.2, -0.15) is 0 Å². The molecule has 3 aromatic carbocycles. The van der Waals surface area contributed by atoms with Crippen LogP contribution in [0.3, 0.4) is 0 Å². The minimum atomic E-state index is -0.222. The van der Waals surface area contributed by atoms with Crippen molar-refractivity contribution in [2.45, 2.75) is 33.1 Å². The Bertz CT molecular complexity index is 876. The molecule has 0 spiro atoms. The second-order valence-electron chi connectivity index (χ2n) is 7.32. The van der Waals surface area contributed by atoms with Crippen molar-refractivity contribution in [2.75, 3.05) is 0 Å². The van der Waals surface area contributed by atoms with Crippen LogP contribution in [-0.4, -0.2) is 0 Å². The van der Waals surface area contributed by atoms with Gasteiger partial charge in [-0.05, 0) is 83.0 Å². The predicted molar refractivity (Wildman–Crippen MR) is 113 cm³/mol. The lowest BCUT2D eigenvalue weighted by Crippen LogP contribution is -3.61. The second-order valence-corrected chi connectivity index (χ2v) is 11.5. The van der Waals surface area contributed by atoms with Crippen molar-refractivity contribution in [2.24, 2.45) is 0 Å². The van der Waals surface area contributed by atoms with Gasteiger partial charge in [0.05, 0.1) is 0 Å². The van der Waals surface area contributed by atoms with E-state index in [9.17, 15) is 0 Å². The van der Waals surface area contributed by atoms with Gasteiger partial charge in [0.2, 0.25) is 3.57 Å². The lowest BCUT2D eigenvalue weighted by molar-refractivity contribution is -0.598. The monoisotopic (exact) mass is 569 g/mol. The fraction of sp³-hybridized carbons (Fsp3) is 0.217. The van der Waals surface area contributed by atoms with E-state index in [-0.39, 0.29) is 26.6 Å². The highest BCUT2D eigenvalue weighted by molar-refractivity contribution is 14.1. The van der Waals surface area contributed by atoms with Crippen LogP contribution >= 0.6 is 22.6 Å². The smallest absolute Gasteiger partial charge is 0.358 e. The number of hydrogen-bond acceptors (Lipinski definition) is 1. The van der Waals surface area contributed by atoms with E-state index in [1.807, 2.05) is 12.1 Å². The third-order valence-corrected chi connectivity index (χ3v) is 7.92. The largest absolute Gasteiger partial charge is 0.457 e. The van der Waals surface area contributed by atoms with Crippen molar-refractivity contribution in [3.63, 3.8) is 0 Å². The Morgan fingerprint density at radius 2 is 1.42 bits per heavy atom. The van der Waals surface area contributed by atoms with Crippen LogP contribution in [0.5, 0.6) is 11.5 Å². The maximum Gasteiger partial charge on any atom is 0.358 e. The Morgan fingerprint density at radius 1 is 0.808 bits per heavy atom. The summed E-state index contributed by atoms with van der Waals surface area (Å²) in [5.41, 5.74) is 2.93. The Morgan fingerprint density at radius 3 is 2.04 bits per heavy atom. The zero-order valence-electron chi connectivity index (χ0n) is 15.5. The van der Waals surface area contributed by atoms with Gasteiger partial charge in [0.15, 0.2) is 3.57 Å². The third-order valence-electron chi connectivity index (χ3n) is 4.11. The molecule has 3 rings (SSSR count). The van der Waals surface area contributed by atoms with Crippen LogP contribution in [-0.2, 0) is 5.41 Å². The molecule has 0 aliphatic heterocycles. The SMILES string of the molecule is Cc1ccc(Oc2ccc(I)cc2)cc1[I+]c1ccc(C(C)(C)C)cc1. The molecule has 0 unspecified atom stereocenters. The molecule has 0 N–H and O–H groups in total. The van der Waals surface area contributed by atoms with Gasteiger partial charge in [-0.3, -0.25) is 0 Å². The summed E-state index contributed by atoms with van der Waals surface area (Å²) in [7, 11) is 0. The maximum absolute atomic E-state index is 6.04. The first-order chi connectivity index (χ1) is 12.3. The van der Waals surface area contributed by atoms with Gasteiger partial charge in [0, 0.05) is 15.2 Å². The van der Waals surface area contributed by atoms with E-state index >= 15 is 0 Å². The van der Waals surface area contributed by atoms with Crippen LogP contribution in [0.1, 0.15) is 31.9 Å². The van der Waals surface area contributed by atoms with Crippen LogP contribution in [0.2, 0.25) is 0 Å². The van der Waals surface area contributed by atoms with Crippen LogP contribution in [0.4, 0.5) is 0 Å². The molecule has 0 aromatic heterocycles. The first kappa shape index (κ1) is 19.7. The van der Waals surface area contributed by atoms with E-state index in [0.29, 0.717) is 0 Å². The highest BCUT2D eigenvalue weighted by Crippen LogP contribution is 2.23. The zero-order valence-corrected chi connectivity index (χ0v) is 19.8. The number of aryl methyl sites for hydroxylation is 1. The lowest BCUT2D eigenvalue weighted by atomic mass is 9.87. The Labute approximate surface area is 180 Å². The summed E-state index contributed by atoms with van der Waals surface area (Å²) < 4.78 is 10.1. The van der Waals surface area contributed by atoms with Crippen molar-refractivity contribution in [1.82, 2.24) is 0 Å². The molecular formula is C23H23I2O+. The summed E-state index contributed by atoms with van der Waals surface area (Å²) in [4.78, 5) is 0. The minimum Gasteiger partial charge on any atom is -0.457 e. The van der Waals surface area contributed by atoms with Gasteiger partial charge in [0.1, 0.15) is 11.5 Å². The molecule has 1 nitrogen and oxygen atoms in total. The van der Waals surface area contributed by atoms with Crippen molar-refractivity contribution in [3.05, 3.63) is 88.6 Å². The second kappa shape index (κ2) is 8.30. The molecule has 0 atom stereocenters. The van der Waals surface area contributed by atoms with Gasteiger partial charge < -0.3 is 4.74 Å². The van der Waals surface area contributed by atoms with E-state index < -0.39 is 0 Å². The first-order valence-electron chi connectivity index (χ1n) is 8.61. The van der Waals surface area contributed by atoms with Gasteiger partial charge in [-0.15, -0.1) is 0 Å². The average molecular weight is 569 g/mol. The van der Waals surface area contributed by atoms with E-state index in [4.69, 9.17) is 4.74 Å². The van der Waals surface area contributed by atoms with E-state index in [1.165, 1.54) is 21.8 Å². The number of ether oxygens (including phenoxy) is 1. The number of benzene rings is 3. The molecule has 0 heterocycles. The summed E-state index contributed by atoms with van der Waals surface area (Å²) >= 11 is 2.08. The van der Waals surface area contributed by atoms with Crippen LogP contribution < -0.4 is 25.9 Å². The maximum atomic E-state index is 6.04. The zero-order chi connectivity index (χ0) is 18.7. The molecule has 3 aromatic rings. The van der Waals surface area contributed by atoms with Gasteiger partial charge >= 0.3 is 21.2 Å². The standard InChI is InChI=1S/C23H23I2O/c1-16-5-12-21(26-20-13-8-18(24)9-14-20)15-22(16)25-19-10-6-17(7-11-19)23(2,3)4/h5-15H,1-4H3/q+1. The van der Waals surface area contributed by atoms with Crippen LogP contribution in [0.15, 0.2) is 66.7 Å². The Balaban J connectivity index is 1.78. The Hall–Kier alpha value is -1.08. The Kier molecular flexibility index (Phi) is 6.28. The summed E-state index contributed by atoms with van der Waals surface area (Å²) in [5, 5.41) is 0. The van der Waals surface area contributed by atoms with Crippen molar-refractivity contribution >= 4 is 22.6 Å². The summed E-state index contributed by atoms with van der Waals surface area (Å²) in [6.45, 7) is 8.96. The molecule has 3 heteroatoms. The normalized spacial score (nSPS) is 11.4. The number of halogens is 2. The highest BCUT2D eigenvalue weighted by Gasteiger charge is 2.21. The molecule has 0 amide bonds. The third kappa shape index (κ3) is 5.22. The van der Waals surface area contributed by atoms with Gasteiger partial charge in [-0.1, -0.05) is 39.0 Å². The van der Waals surface area contributed by atoms with Crippen LogP contribution in [0.25, 0.3) is 0 Å². The molecule has 0 fully saturated rings. The average Bonchev–Trinajstić information content (AvgIpc) is 2.59. The fourth-order valence-corrected chi connectivity index (χ4v) is 5.33. The van der Waals surface area contributed by atoms with Crippen molar-refractivity contribution in [3.8, 4) is 11.5 Å². The lowest BCUT2D eigenvalue weighted by Gasteiger charge is -2.18.